The number of hydrogen-bond donors (Lipinski definition) is 2. The molecule has 0 aliphatic carbocycles. The fourth-order valence-corrected chi connectivity index (χ4v) is 1.77. The molecule has 0 saturated carbocycles. The van der Waals surface area contributed by atoms with Crippen LogP contribution < -0.4 is 11.1 Å². The average Bonchev–Trinajstić information content (AvgIpc) is 2.04. The van der Waals surface area contributed by atoms with Crippen molar-refractivity contribution in [3.05, 3.63) is 28.2 Å². The van der Waals surface area contributed by atoms with E-state index in [4.69, 9.17) is 18.0 Å². The minimum absolute atomic E-state index is 0.324. The van der Waals surface area contributed by atoms with Crippen molar-refractivity contribution < 1.29 is 4.79 Å². The summed E-state index contributed by atoms with van der Waals surface area (Å²) >= 11 is 8.11. The van der Waals surface area contributed by atoms with E-state index in [1.807, 2.05) is 0 Å². The van der Waals surface area contributed by atoms with Gasteiger partial charge in [-0.2, -0.15) is 0 Å². The molecule has 0 unspecified atom stereocenters. The smallest absolute Gasteiger partial charge is 0.211 e. The molecular weight excluding hydrogens is 252 g/mol. The van der Waals surface area contributed by atoms with E-state index in [0.717, 1.165) is 10.0 Å². The van der Waals surface area contributed by atoms with Crippen molar-refractivity contribution in [3.8, 4) is 0 Å². The summed E-state index contributed by atoms with van der Waals surface area (Å²) in [6.45, 7) is 0. The zero-order valence-corrected chi connectivity index (χ0v) is 8.98. The van der Waals surface area contributed by atoms with Crippen LogP contribution in [0.15, 0.2) is 22.7 Å². The van der Waals surface area contributed by atoms with Gasteiger partial charge in [-0.15, -0.1) is 0 Å². The molecule has 5 heteroatoms. The normalized spacial score (nSPS) is 9.31. The molecule has 0 aliphatic rings. The Labute approximate surface area is 89.4 Å². The Morgan fingerprint density at radius 2 is 2.31 bits per heavy atom. The fourth-order valence-electron chi connectivity index (χ4n) is 0.873. The van der Waals surface area contributed by atoms with Crippen LogP contribution in [0.4, 0.5) is 5.69 Å². The number of hydrogen-bond acceptors (Lipinski definition) is 2. The first-order valence-electron chi connectivity index (χ1n) is 3.44. The molecule has 0 radical (unpaired) electrons. The summed E-state index contributed by atoms with van der Waals surface area (Å²) in [5.74, 6) is 0. The minimum atomic E-state index is 0.324. The second-order valence-corrected chi connectivity index (χ2v) is 3.62. The Bertz CT molecular complexity index is 354. The molecule has 1 rings (SSSR count). The van der Waals surface area contributed by atoms with Gasteiger partial charge >= 0.3 is 0 Å². The fraction of sp³-hybridized carbons (Fsp3) is 0. The van der Waals surface area contributed by atoms with Crippen LogP contribution in [0.1, 0.15) is 5.56 Å². The molecule has 0 spiro atoms. The predicted octanol–water partition coefficient (Wildman–Crippen LogP) is 1.65. The zero-order chi connectivity index (χ0) is 9.84. The van der Waals surface area contributed by atoms with Gasteiger partial charge in [0, 0.05) is 15.7 Å². The highest BCUT2D eigenvalue weighted by atomic mass is 79.9. The quantitative estimate of drug-likeness (QED) is 0.641. The van der Waals surface area contributed by atoms with Gasteiger partial charge in [-0.3, -0.25) is 4.79 Å². The number of thiocarbonyl (C=S) groups is 1. The van der Waals surface area contributed by atoms with Gasteiger partial charge in [0.1, 0.15) is 4.99 Å². The standard InChI is InChI=1S/C8H7BrN2OS/c9-7-3-5(11-4-12)1-2-6(7)8(10)13/h1-4H,(H2,10,13)(H,11,12). The van der Waals surface area contributed by atoms with Crippen LogP contribution in [-0.2, 0) is 4.79 Å². The summed E-state index contributed by atoms with van der Waals surface area (Å²) in [6, 6.07) is 5.22. The molecule has 0 heterocycles. The van der Waals surface area contributed by atoms with Crippen molar-refractivity contribution in [1.82, 2.24) is 0 Å². The number of halogens is 1. The molecule has 0 atom stereocenters. The van der Waals surface area contributed by atoms with Crippen molar-refractivity contribution in [2.24, 2.45) is 5.73 Å². The van der Waals surface area contributed by atoms with Crippen molar-refractivity contribution in [2.75, 3.05) is 5.32 Å². The lowest BCUT2D eigenvalue weighted by Crippen LogP contribution is -2.10. The third-order valence-electron chi connectivity index (χ3n) is 1.46. The number of carbonyl (C=O) groups excluding carboxylic acids is 1. The van der Waals surface area contributed by atoms with E-state index in [-0.39, 0.29) is 0 Å². The molecule has 68 valence electrons. The van der Waals surface area contributed by atoms with Crippen molar-refractivity contribution in [2.45, 2.75) is 0 Å². The van der Waals surface area contributed by atoms with E-state index >= 15 is 0 Å². The second kappa shape index (κ2) is 4.34. The molecule has 1 aromatic carbocycles. The molecule has 13 heavy (non-hydrogen) atoms. The van der Waals surface area contributed by atoms with E-state index < -0.39 is 0 Å². The summed E-state index contributed by atoms with van der Waals surface area (Å²) in [6.07, 6.45) is 0.613. The van der Waals surface area contributed by atoms with Crippen LogP contribution in [0, 0.1) is 0 Å². The summed E-state index contributed by atoms with van der Waals surface area (Å²) in [5, 5.41) is 2.52. The third kappa shape index (κ3) is 2.50. The number of rotatable bonds is 3. The number of carbonyl (C=O) groups is 1. The molecule has 3 nitrogen and oxygen atoms in total. The maximum atomic E-state index is 10.1. The Morgan fingerprint density at radius 1 is 1.62 bits per heavy atom. The van der Waals surface area contributed by atoms with Gasteiger partial charge in [0.15, 0.2) is 0 Å². The average molecular weight is 259 g/mol. The lowest BCUT2D eigenvalue weighted by atomic mass is 10.2. The lowest BCUT2D eigenvalue weighted by Gasteiger charge is -2.04. The summed E-state index contributed by atoms with van der Waals surface area (Å²) in [7, 11) is 0. The summed E-state index contributed by atoms with van der Waals surface area (Å²) in [5.41, 5.74) is 6.90. The second-order valence-electron chi connectivity index (χ2n) is 2.32. The van der Waals surface area contributed by atoms with Crippen LogP contribution >= 0.6 is 28.1 Å². The van der Waals surface area contributed by atoms with Gasteiger partial charge in [-0.05, 0) is 34.1 Å². The van der Waals surface area contributed by atoms with E-state index in [1.165, 1.54) is 0 Å². The van der Waals surface area contributed by atoms with Gasteiger partial charge in [0.2, 0.25) is 6.41 Å². The Hall–Kier alpha value is -0.940. The number of amides is 1. The minimum Gasteiger partial charge on any atom is -0.389 e. The number of anilines is 1. The van der Waals surface area contributed by atoms with Crippen molar-refractivity contribution >= 4 is 45.2 Å². The Morgan fingerprint density at radius 3 is 2.77 bits per heavy atom. The predicted molar refractivity (Wildman–Crippen MR) is 59.7 cm³/mol. The highest BCUT2D eigenvalue weighted by Gasteiger charge is 2.02. The van der Waals surface area contributed by atoms with E-state index in [9.17, 15) is 4.79 Å². The lowest BCUT2D eigenvalue weighted by molar-refractivity contribution is -0.105. The van der Waals surface area contributed by atoms with Crippen LogP contribution in [0.2, 0.25) is 0 Å². The van der Waals surface area contributed by atoms with Gasteiger partial charge in [-0.25, -0.2) is 0 Å². The molecule has 0 bridgehead atoms. The number of nitrogens with one attached hydrogen (secondary N) is 1. The first-order chi connectivity index (χ1) is 6.15. The molecule has 3 N–H and O–H groups in total. The van der Waals surface area contributed by atoms with Crippen LogP contribution in [-0.4, -0.2) is 11.4 Å². The molecule has 0 fully saturated rings. The van der Waals surface area contributed by atoms with Gasteiger partial charge < -0.3 is 11.1 Å². The highest BCUT2D eigenvalue weighted by Crippen LogP contribution is 2.20. The molecule has 1 amide bonds. The molecule has 1 aromatic rings. The Balaban J connectivity index is 3.05. The summed E-state index contributed by atoms with van der Waals surface area (Å²) < 4.78 is 0.770. The maximum absolute atomic E-state index is 10.1. The first-order valence-corrected chi connectivity index (χ1v) is 4.65. The molecule has 0 aromatic heterocycles. The van der Waals surface area contributed by atoms with E-state index in [2.05, 4.69) is 21.2 Å². The summed E-state index contributed by atoms with van der Waals surface area (Å²) in [4.78, 5) is 10.5. The zero-order valence-electron chi connectivity index (χ0n) is 6.58. The number of nitrogens with two attached hydrogens (primary N) is 1. The number of benzene rings is 1. The Kier molecular flexibility index (Phi) is 3.39. The first kappa shape index (κ1) is 10.1. The highest BCUT2D eigenvalue weighted by molar-refractivity contribution is 9.10. The SMILES string of the molecule is NC(=S)c1ccc(NC=O)cc1Br. The maximum Gasteiger partial charge on any atom is 0.211 e. The van der Waals surface area contributed by atoms with Crippen molar-refractivity contribution in [1.29, 1.82) is 0 Å². The largest absolute Gasteiger partial charge is 0.389 e. The van der Waals surface area contributed by atoms with E-state index in [0.29, 0.717) is 17.1 Å². The van der Waals surface area contributed by atoms with Crippen LogP contribution in [0.25, 0.3) is 0 Å². The van der Waals surface area contributed by atoms with Crippen LogP contribution in [0.5, 0.6) is 0 Å². The topological polar surface area (TPSA) is 55.1 Å². The molecule has 0 aliphatic heterocycles. The molecular formula is C8H7BrN2OS. The van der Waals surface area contributed by atoms with Crippen molar-refractivity contribution in [3.63, 3.8) is 0 Å². The van der Waals surface area contributed by atoms with Gasteiger partial charge in [0.05, 0.1) is 0 Å². The van der Waals surface area contributed by atoms with Crippen LogP contribution in [0.3, 0.4) is 0 Å². The third-order valence-corrected chi connectivity index (χ3v) is 2.34. The van der Waals surface area contributed by atoms with Gasteiger partial charge in [-0.1, -0.05) is 12.2 Å². The molecule has 0 saturated heterocycles. The van der Waals surface area contributed by atoms with Gasteiger partial charge in [0.25, 0.3) is 0 Å². The monoisotopic (exact) mass is 258 g/mol. The van der Waals surface area contributed by atoms with E-state index in [1.54, 1.807) is 18.2 Å².